The van der Waals surface area contributed by atoms with Crippen molar-refractivity contribution in [3.63, 3.8) is 0 Å². The van der Waals surface area contributed by atoms with Crippen molar-refractivity contribution in [1.29, 1.82) is 0 Å². The summed E-state index contributed by atoms with van der Waals surface area (Å²) in [5.41, 5.74) is 0. The Hall–Kier alpha value is 0.0500. The first kappa shape index (κ1) is 5.05. The van der Waals surface area contributed by atoms with E-state index in [2.05, 4.69) is 0 Å². The van der Waals surface area contributed by atoms with Crippen LogP contribution < -0.4 is 0 Å². The molecule has 0 rings (SSSR count). The molecule has 2 heteroatoms. The summed E-state index contributed by atoms with van der Waals surface area (Å²) in [4.78, 5) is 0. The minimum atomic E-state index is 0.471. The van der Waals surface area contributed by atoms with Crippen molar-refractivity contribution in [3.05, 3.63) is 11.5 Å². The van der Waals surface area contributed by atoms with Crippen LogP contribution in [0.2, 0.25) is 0 Å². The normalized spacial score (nSPS) is 10.0. The molecule has 0 saturated heterocycles. The minimum Gasteiger partial charge on any atom is -0.795 e. The van der Waals surface area contributed by atoms with Crippen LogP contribution in [0.25, 0.3) is 0 Å². The Morgan fingerprint density at radius 3 is 2.40 bits per heavy atom. The van der Waals surface area contributed by atoms with Crippen molar-refractivity contribution in [2.24, 2.45) is 0 Å². The first-order valence-electron chi connectivity index (χ1n) is 1.31. The largest absolute Gasteiger partial charge is 0.795 e. The molecule has 30 valence electrons. The molecule has 0 unspecified atom stereocenters. The zero-order chi connectivity index (χ0) is 4.12. The Kier molecular flexibility index (Phi) is 4.09. The first-order valence-corrected chi connectivity index (χ1v) is 2.12. The van der Waals surface area contributed by atoms with Crippen molar-refractivity contribution in [2.75, 3.05) is 0 Å². The molecule has 0 fully saturated rings. The molecule has 5 heavy (non-hydrogen) atoms. The molecular weight excluding hydrogens is 84.1 g/mol. The zero-order valence-corrected chi connectivity index (χ0v) is 3.79. The molecule has 0 saturated carbocycles. The Morgan fingerprint density at radius 1 is 1.80 bits per heavy atom. The lowest BCUT2D eigenvalue weighted by atomic mass is 10.8. The Labute approximate surface area is 35.9 Å². The van der Waals surface area contributed by atoms with E-state index in [-0.39, 0.29) is 0 Å². The van der Waals surface area contributed by atoms with Gasteiger partial charge in [-0.05, 0) is 12.3 Å². The fourth-order valence-corrected chi connectivity index (χ4v) is 0.167. The lowest BCUT2D eigenvalue weighted by molar-refractivity contribution is 0.626. The highest BCUT2D eigenvalue weighted by molar-refractivity contribution is 7.96. The van der Waals surface area contributed by atoms with Gasteiger partial charge in [-0.15, -0.1) is 0 Å². The van der Waals surface area contributed by atoms with Gasteiger partial charge in [-0.2, -0.15) is 0 Å². The lowest BCUT2D eigenvalue weighted by Gasteiger charge is -1.87. The van der Waals surface area contributed by atoms with Gasteiger partial charge in [0, 0.05) is 0 Å². The first-order chi connectivity index (χ1) is 2.41. The number of rotatable bonds is 1. The van der Waals surface area contributed by atoms with Gasteiger partial charge in [0.15, 0.2) is 0 Å². The second kappa shape index (κ2) is 4.05. The van der Waals surface area contributed by atoms with Crippen LogP contribution in [0.4, 0.5) is 0 Å². The van der Waals surface area contributed by atoms with Gasteiger partial charge in [0.25, 0.3) is 0 Å². The fraction of sp³-hybridized carbons (Fsp3) is 0.333. The van der Waals surface area contributed by atoms with Gasteiger partial charge in [-0.1, -0.05) is 6.08 Å². The quantitative estimate of drug-likeness (QED) is 0.453. The van der Waals surface area contributed by atoms with Gasteiger partial charge in [0.2, 0.25) is 0 Å². The van der Waals surface area contributed by atoms with Crippen LogP contribution in [0.1, 0.15) is 6.92 Å². The number of allylic oxidation sites excluding steroid dienone is 1. The fourth-order valence-electron chi connectivity index (χ4n) is 0.0556. The number of hydrogen-bond acceptors (Lipinski definition) is 2. The standard InChI is InChI=1S/C3H6OS/c1-2-3-5-4/h2-4H,1H3/p-1/b3-2+. The summed E-state index contributed by atoms with van der Waals surface area (Å²) in [6, 6.07) is 0. The third-order valence-corrected chi connectivity index (χ3v) is 0.575. The molecule has 0 aliphatic rings. The Bertz CT molecular complexity index is 33.9. The average Bonchev–Trinajstić information content (AvgIpc) is 1.41. The van der Waals surface area contributed by atoms with E-state index in [0.717, 1.165) is 0 Å². The van der Waals surface area contributed by atoms with Gasteiger partial charge in [0.05, 0.1) is 0 Å². The Balaban J connectivity index is 2.62. The third-order valence-electron chi connectivity index (χ3n) is 0.192. The molecule has 1 nitrogen and oxygen atoms in total. The van der Waals surface area contributed by atoms with E-state index >= 15 is 0 Å². The third kappa shape index (κ3) is 4.05. The van der Waals surface area contributed by atoms with E-state index in [1.54, 1.807) is 6.08 Å². The molecule has 0 aliphatic carbocycles. The van der Waals surface area contributed by atoms with Crippen molar-refractivity contribution in [2.45, 2.75) is 6.92 Å². The molecule has 0 aromatic heterocycles. The second-order valence-electron chi connectivity index (χ2n) is 0.566. The lowest BCUT2D eigenvalue weighted by Crippen LogP contribution is -1.37. The van der Waals surface area contributed by atoms with Gasteiger partial charge >= 0.3 is 0 Å². The summed E-state index contributed by atoms with van der Waals surface area (Å²) in [5, 5.41) is 1.49. The maximum Gasteiger partial charge on any atom is -0.0462 e. The summed E-state index contributed by atoms with van der Waals surface area (Å²) in [6.45, 7) is 1.81. The van der Waals surface area contributed by atoms with Crippen LogP contribution in [-0.2, 0) is 0 Å². The van der Waals surface area contributed by atoms with Gasteiger partial charge < -0.3 is 4.55 Å². The smallest absolute Gasteiger partial charge is 0.0462 e. The summed E-state index contributed by atoms with van der Waals surface area (Å²) >= 11 is 0.471. The van der Waals surface area contributed by atoms with Gasteiger partial charge in [-0.3, -0.25) is 0 Å². The monoisotopic (exact) mass is 89.0 g/mol. The van der Waals surface area contributed by atoms with Crippen LogP contribution >= 0.6 is 12.0 Å². The average molecular weight is 89.1 g/mol. The van der Waals surface area contributed by atoms with Crippen molar-refractivity contribution >= 4 is 12.0 Å². The molecule has 0 aromatic rings. The van der Waals surface area contributed by atoms with Gasteiger partial charge in [-0.25, -0.2) is 12.0 Å². The molecule has 0 aromatic carbocycles. The Morgan fingerprint density at radius 2 is 2.40 bits per heavy atom. The molecule has 0 atom stereocenters. The van der Waals surface area contributed by atoms with E-state index in [1.165, 1.54) is 5.41 Å². The molecule has 0 amide bonds. The number of hydrogen-bond donors (Lipinski definition) is 0. The predicted molar refractivity (Wildman–Crippen MR) is 23.2 cm³/mol. The van der Waals surface area contributed by atoms with Crippen LogP contribution in [-0.4, -0.2) is 4.55 Å². The van der Waals surface area contributed by atoms with Gasteiger partial charge in [0.1, 0.15) is 0 Å². The second-order valence-corrected chi connectivity index (χ2v) is 1.03. The molecule has 0 aliphatic heterocycles. The highest BCUT2D eigenvalue weighted by atomic mass is 32.2. The molecule has 0 spiro atoms. The van der Waals surface area contributed by atoms with E-state index in [1.807, 2.05) is 6.92 Å². The highest BCUT2D eigenvalue weighted by Gasteiger charge is 1.41. The van der Waals surface area contributed by atoms with E-state index in [9.17, 15) is 4.55 Å². The van der Waals surface area contributed by atoms with Crippen molar-refractivity contribution in [1.82, 2.24) is 0 Å². The van der Waals surface area contributed by atoms with Crippen molar-refractivity contribution in [3.8, 4) is 0 Å². The molecule has 0 heterocycles. The molecule has 0 bridgehead atoms. The SMILES string of the molecule is C/C=C/S[O-]. The molecule has 0 radical (unpaired) electrons. The van der Waals surface area contributed by atoms with Crippen molar-refractivity contribution < 1.29 is 4.55 Å². The van der Waals surface area contributed by atoms with Crippen LogP contribution in [0, 0.1) is 0 Å². The summed E-state index contributed by atoms with van der Waals surface area (Å²) in [6.07, 6.45) is 1.71. The predicted octanol–water partition coefficient (Wildman–Crippen LogP) is 1.38. The van der Waals surface area contributed by atoms with Crippen LogP contribution in [0.5, 0.6) is 0 Å². The van der Waals surface area contributed by atoms with Crippen LogP contribution in [0.3, 0.4) is 0 Å². The van der Waals surface area contributed by atoms with E-state index < -0.39 is 0 Å². The summed E-state index contributed by atoms with van der Waals surface area (Å²) in [7, 11) is 0. The molecular formula is C3H5OS-. The topological polar surface area (TPSA) is 23.1 Å². The van der Waals surface area contributed by atoms with E-state index in [4.69, 9.17) is 0 Å². The summed E-state index contributed by atoms with van der Waals surface area (Å²) < 4.78 is 9.36. The molecule has 0 N–H and O–H groups in total. The maximum absolute atomic E-state index is 9.36. The minimum absolute atomic E-state index is 0.471. The maximum atomic E-state index is 9.36. The van der Waals surface area contributed by atoms with Crippen LogP contribution in [0.15, 0.2) is 11.5 Å². The zero-order valence-electron chi connectivity index (χ0n) is 2.97. The van der Waals surface area contributed by atoms with E-state index in [0.29, 0.717) is 12.0 Å². The highest BCUT2D eigenvalue weighted by Crippen LogP contribution is 1.88. The summed E-state index contributed by atoms with van der Waals surface area (Å²) in [5.74, 6) is 0.